The van der Waals surface area contributed by atoms with Gasteiger partial charge in [-0.3, -0.25) is 4.79 Å². The fourth-order valence-electron chi connectivity index (χ4n) is 2.51. The van der Waals surface area contributed by atoms with Gasteiger partial charge in [0.25, 0.3) is 0 Å². The van der Waals surface area contributed by atoms with Crippen LogP contribution in [0.25, 0.3) is 10.2 Å². The summed E-state index contributed by atoms with van der Waals surface area (Å²) in [4.78, 5) is 16.4. The summed E-state index contributed by atoms with van der Waals surface area (Å²) >= 11 is 3.44. The maximum absolute atomic E-state index is 11.9. The molecule has 0 spiro atoms. The molecule has 0 bridgehead atoms. The predicted molar refractivity (Wildman–Crippen MR) is 92.5 cm³/mol. The zero-order valence-corrected chi connectivity index (χ0v) is 14.0. The Kier molecular flexibility index (Phi) is 5.00. The summed E-state index contributed by atoms with van der Waals surface area (Å²) in [6.45, 7) is 0.375. The smallest absolute Gasteiger partial charge is 0.220 e. The second kappa shape index (κ2) is 6.98. The maximum atomic E-state index is 11.9. The molecule has 1 amide bonds. The van der Waals surface area contributed by atoms with Crippen molar-refractivity contribution in [1.82, 2.24) is 10.3 Å². The first kappa shape index (κ1) is 15.8. The molecule has 0 aliphatic carbocycles. The summed E-state index contributed by atoms with van der Waals surface area (Å²) in [6.07, 6.45) is 2.87. The van der Waals surface area contributed by atoms with E-state index in [-0.39, 0.29) is 5.91 Å². The van der Waals surface area contributed by atoms with Crippen molar-refractivity contribution in [2.24, 2.45) is 0 Å². The van der Waals surface area contributed by atoms with Crippen LogP contribution in [-0.4, -0.2) is 39.6 Å². The predicted octanol–water partition coefficient (Wildman–Crippen LogP) is 2.60. The maximum Gasteiger partial charge on any atom is 0.220 e. The summed E-state index contributed by atoms with van der Waals surface area (Å²) in [5.74, 6) is 1.72. The Morgan fingerprint density at radius 3 is 3.05 bits per heavy atom. The molecule has 4 nitrogen and oxygen atoms in total. The molecule has 1 aliphatic rings. The molecule has 22 heavy (non-hydrogen) atoms. The fraction of sp³-hybridized carbons (Fsp3) is 0.500. The average molecular weight is 336 g/mol. The minimum absolute atomic E-state index is 0.0198. The van der Waals surface area contributed by atoms with Crippen LogP contribution in [0.5, 0.6) is 0 Å². The number of benzene rings is 1. The van der Waals surface area contributed by atoms with E-state index in [4.69, 9.17) is 0 Å². The van der Waals surface area contributed by atoms with Crippen LogP contribution in [0.1, 0.15) is 24.3 Å². The van der Waals surface area contributed by atoms with Crippen LogP contribution < -0.4 is 5.32 Å². The number of carbonyl (C=O) groups excluding carboxylic acids is 1. The number of aryl methyl sites for hydroxylation is 1. The molecule has 118 valence electrons. The molecule has 1 fully saturated rings. The van der Waals surface area contributed by atoms with E-state index in [0.29, 0.717) is 13.0 Å². The van der Waals surface area contributed by atoms with Gasteiger partial charge in [-0.05, 0) is 37.1 Å². The van der Waals surface area contributed by atoms with E-state index < -0.39 is 5.60 Å². The fourth-order valence-corrected chi connectivity index (χ4v) is 4.82. The molecule has 1 aromatic carbocycles. The SMILES string of the molecule is O=C(CCCc1nc2ccccc2s1)NCC1(O)CCSC1. The number of amides is 1. The van der Waals surface area contributed by atoms with Crippen LogP contribution in [0, 0.1) is 0 Å². The van der Waals surface area contributed by atoms with Crippen molar-refractivity contribution >= 4 is 39.2 Å². The number of thiazole rings is 1. The van der Waals surface area contributed by atoms with Gasteiger partial charge in [-0.2, -0.15) is 11.8 Å². The molecule has 3 rings (SSSR count). The summed E-state index contributed by atoms with van der Waals surface area (Å²) in [7, 11) is 0. The van der Waals surface area contributed by atoms with E-state index in [1.54, 1.807) is 23.1 Å². The van der Waals surface area contributed by atoms with Crippen molar-refractivity contribution < 1.29 is 9.90 Å². The first-order chi connectivity index (χ1) is 10.6. The van der Waals surface area contributed by atoms with Crippen LogP contribution in [0.15, 0.2) is 24.3 Å². The normalized spacial score (nSPS) is 21.3. The summed E-state index contributed by atoms with van der Waals surface area (Å²) in [5, 5.41) is 14.1. The topological polar surface area (TPSA) is 62.2 Å². The lowest BCUT2D eigenvalue weighted by atomic mass is 10.0. The second-order valence-electron chi connectivity index (χ2n) is 5.73. The summed E-state index contributed by atoms with van der Waals surface area (Å²) < 4.78 is 1.20. The zero-order chi connectivity index (χ0) is 15.4. The molecule has 1 unspecified atom stereocenters. The van der Waals surface area contributed by atoms with Gasteiger partial charge in [0.2, 0.25) is 5.91 Å². The molecular formula is C16H20N2O2S2. The van der Waals surface area contributed by atoms with E-state index >= 15 is 0 Å². The first-order valence-corrected chi connectivity index (χ1v) is 9.53. The van der Waals surface area contributed by atoms with Gasteiger partial charge in [0.05, 0.1) is 20.8 Å². The number of nitrogens with one attached hydrogen (secondary N) is 1. The monoisotopic (exact) mass is 336 g/mol. The van der Waals surface area contributed by atoms with Gasteiger partial charge in [0, 0.05) is 18.7 Å². The van der Waals surface area contributed by atoms with Crippen LogP contribution in [0.4, 0.5) is 0 Å². The molecule has 0 radical (unpaired) electrons. The van der Waals surface area contributed by atoms with Crippen LogP contribution in [0.2, 0.25) is 0 Å². The number of rotatable bonds is 6. The number of thioether (sulfide) groups is 1. The molecule has 1 atom stereocenters. The molecule has 2 heterocycles. The second-order valence-corrected chi connectivity index (χ2v) is 7.95. The van der Waals surface area contributed by atoms with Crippen molar-refractivity contribution in [3.63, 3.8) is 0 Å². The largest absolute Gasteiger partial charge is 0.387 e. The van der Waals surface area contributed by atoms with Crippen molar-refractivity contribution in [3.05, 3.63) is 29.3 Å². The molecular weight excluding hydrogens is 316 g/mol. The number of carbonyl (C=O) groups is 1. The Hall–Kier alpha value is -1.11. The first-order valence-electron chi connectivity index (χ1n) is 7.56. The quantitative estimate of drug-likeness (QED) is 0.851. The van der Waals surface area contributed by atoms with E-state index in [0.717, 1.165) is 41.3 Å². The van der Waals surface area contributed by atoms with Crippen molar-refractivity contribution in [3.8, 4) is 0 Å². The Morgan fingerprint density at radius 1 is 1.41 bits per heavy atom. The highest BCUT2D eigenvalue weighted by Gasteiger charge is 2.31. The van der Waals surface area contributed by atoms with Crippen LogP contribution in [-0.2, 0) is 11.2 Å². The lowest BCUT2D eigenvalue weighted by Gasteiger charge is -2.21. The molecule has 0 saturated carbocycles. The third-order valence-electron chi connectivity index (χ3n) is 3.83. The molecule has 1 aromatic heterocycles. The third-order valence-corrected chi connectivity index (χ3v) is 6.16. The van der Waals surface area contributed by atoms with E-state index in [9.17, 15) is 9.90 Å². The Labute approximate surface area is 138 Å². The highest BCUT2D eigenvalue weighted by atomic mass is 32.2. The highest BCUT2D eigenvalue weighted by molar-refractivity contribution is 7.99. The highest BCUT2D eigenvalue weighted by Crippen LogP contribution is 2.27. The molecule has 2 N–H and O–H groups in total. The van der Waals surface area contributed by atoms with E-state index in [1.165, 1.54) is 4.70 Å². The minimum atomic E-state index is -0.701. The number of nitrogens with zero attached hydrogens (tertiary/aromatic N) is 1. The minimum Gasteiger partial charge on any atom is -0.387 e. The van der Waals surface area contributed by atoms with Gasteiger partial charge < -0.3 is 10.4 Å². The van der Waals surface area contributed by atoms with Gasteiger partial charge in [0.15, 0.2) is 0 Å². The average Bonchev–Trinajstić information content (AvgIpc) is 3.11. The Balaban J connectivity index is 1.41. The Morgan fingerprint density at radius 2 is 2.27 bits per heavy atom. The zero-order valence-electron chi connectivity index (χ0n) is 12.4. The molecule has 2 aromatic rings. The number of para-hydroxylation sites is 1. The van der Waals surface area contributed by atoms with Crippen molar-refractivity contribution in [1.29, 1.82) is 0 Å². The summed E-state index contributed by atoms with van der Waals surface area (Å²) in [6, 6.07) is 8.10. The molecule has 1 aliphatic heterocycles. The summed E-state index contributed by atoms with van der Waals surface area (Å²) in [5.41, 5.74) is 0.334. The third kappa shape index (κ3) is 4.00. The van der Waals surface area contributed by atoms with Crippen LogP contribution in [0.3, 0.4) is 0 Å². The lowest BCUT2D eigenvalue weighted by Crippen LogP contribution is -2.42. The number of hydrogen-bond donors (Lipinski definition) is 2. The van der Waals surface area contributed by atoms with E-state index in [2.05, 4.69) is 16.4 Å². The molecule has 1 saturated heterocycles. The van der Waals surface area contributed by atoms with Gasteiger partial charge in [-0.25, -0.2) is 4.98 Å². The lowest BCUT2D eigenvalue weighted by molar-refractivity contribution is -0.122. The van der Waals surface area contributed by atoms with Gasteiger partial charge in [-0.1, -0.05) is 12.1 Å². The van der Waals surface area contributed by atoms with E-state index in [1.807, 2.05) is 18.2 Å². The van der Waals surface area contributed by atoms with Crippen LogP contribution >= 0.6 is 23.1 Å². The number of aliphatic hydroxyl groups is 1. The van der Waals surface area contributed by atoms with Gasteiger partial charge in [0.1, 0.15) is 0 Å². The molecule has 6 heteroatoms. The van der Waals surface area contributed by atoms with Crippen molar-refractivity contribution in [2.45, 2.75) is 31.3 Å². The standard InChI is InChI=1S/C16H20N2O2S2/c19-14(17-10-16(20)8-9-21-11-16)6-3-7-15-18-12-4-1-2-5-13(12)22-15/h1-2,4-5,20H,3,6-11H2,(H,17,19). The van der Waals surface area contributed by atoms with Crippen molar-refractivity contribution in [2.75, 3.05) is 18.1 Å². The Bertz CT molecular complexity index is 617. The number of hydrogen-bond acceptors (Lipinski definition) is 5. The number of fused-ring (bicyclic) bond motifs is 1. The number of aromatic nitrogens is 1. The van der Waals surface area contributed by atoms with Gasteiger partial charge in [-0.15, -0.1) is 11.3 Å². The van der Waals surface area contributed by atoms with Gasteiger partial charge >= 0.3 is 0 Å².